The van der Waals surface area contributed by atoms with Crippen LogP contribution < -0.4 is 10.6 Å². The molecule has 1 aromatic rings. The summed E-state index contributed by atoms with van der Waals surface area (Å²) in [4.78, 5) is 23.2. The van der Waals surface area contributed by atoms with Crippen LogP contribution in [0.2, 0.25) is 0 Å². The number of benzene rings is 1. The lowest BCUT2D eigenvalue weighted by molar-refractivity contribution is 0.0452. The summed E-state index contributed by atoms with van der Waals surface area (Å²) in [6, 6.07) is 9.40. The summed E-state index contributed by atoms with van der Waals surface area (Å²) >= 11 is 0. The normalized spacial score (nSPS) is 12.1. The summed E-state index contributed by atoms with van der Waals surface area (Å²) in [6.07, 6.45) is 0.721. The Bertz CT molecular complexity index is 557. The van der Waals surface area contributed by atoms with Gasteiger partial charge in [-0.25, -0.2) is 9.59 Å². The summed E-state index contributed by atoms with van der Waals surface area (Å²) in [5, 5.41) is 5.43. The van der Waals surface area contributed by atoms with Gasteiger partial charge < -0.3 is 24.8 Å². The predicted octanol–water partition coefficient (Wildman–Crippen LogP) is 3.62. The van der Waals surface area contributed by atoms with E-state index in [1.165, 1.54) is 0 Å². The van der Waals surface area contributed by atoms with Crippen LogP contribution in [0, 0.1) is 0 Å². The van der Waals surface area contributed by atoms with E-state index in [1.807, 2.05) is 58.0 Å². The first-order chi connectivity index (χ1) is 12.8. The Morgan fingerprint density at radius 3 is 2.44 bits per heavy atom. The predicted molar refractivity (Wildman–Crippen MR) is 104 cm³/mol. The van der Waals surface area contributed by atoms with Crippen molar-refractivity contribution in [3.05, 3.63) is 35.9 Å². The maximum absolute atomic E-state index is 11.6. The molecule has 0 aliphatic rings. The van der Waals surface area contributed by atoms with Crippen molar-refractivity contribution in [1.29, 1.82) is 0 Å². The topological polar surface area (TPSA) is 85.9 Å². The van der Waals surface area contributed by atoms with Crippen LogP contribution in [0.1, 0.15) is 46.1 Å². The lowest BCUT2D eigenvalue weighted by atomic mass is 10.2. The van der Waals surface area contributed by atoms with Crippen molar-refractivity contribution in [2.24, 2.45) is 0 Å². The largest absolute Gasteiger partial charge is 0.445 e. The number of rotatable bonds is 10. The van der Waals surface area contributed by atoms with Gasteiger partial charge in [0.25, 0.3) is 0 Å². The minimum Gasteiger partial charge on any atom is -0.445 e. The van der Waals surface area contributed by atoms with Crippen molar-refractivity contribution >= 4 is 12.2 Å². The summed E-state index contributed by atoms with van der Waals surface area (Å²) in [5.41, 5.74) is 0.440. The average molecular weight is 380 g/mol. The molecule has 0 aliphatic heterocycles. The highest BCUT2D eigenvalue weighted by atomic mass is 16.6. The van der Waals surface area contributed by atoms with Gasteiger partial charge in [-0.3, -0.25) is 0 Å². The van der Waals surface area contributed by atoms with Gasteiger partial charge in [-0.2, -0.15) is 0 Å². The second kappa shape index (κ2) is 12.2. The first kappa shape index (κ1) is 22.8. The van der Waals surface area contributed by atoms with Gasteiger partial charge >= 0.3 is 12.2 Å². The summed E-state index contributed by atoms with van der Waals surface area (Å²) < 4.78 is 15.8. The Hall–Kier alpha value is -2.28. The maximum Gasteiger partial charge on any atom is 0.407 e. The van der Waals surface area contributed by atoms with Gasteiger partial charge in [0, 0.05) is 13.2 Å². The molecule has 0 fully saturated rings. The van der Waals surface area contributed by atoms with Gasteiger partial charge in [0.2, 0.25) is 0 Å². The number of ether oxygens (including phenoxy) is 3. The molecular weight excluding hydrogens is 348 g/mol. The van der Waals surface area contributed by atoms with E-state index in [2.05, 4.69) is 10.6 Å². The number of carbonyl (C=O) groups is 2. The fraction of sp³-hybridized carbons (Fsp3) is 0.600. The van der Waals surface area contributed by atoms with E-state index >= 15 is 0 Å². The highest BCUT2D eigenvalue weighted by molar-refractivity contribution is 5.68. The van der Waals surface area contributed by atoms with E-state index in [4.69, 9.17) is 14.2 Å². The Kier molecular flexibility index (Phi) is 10.3. The number of carbonyl (C=O) groups excluding carboxylic acids is 2. The SMILES string of the molecule is CC(COCCCCNC(=O)OCc1ccccc1)NC(=O)OC(C)(C)C. The molecule has 0 radical (unpaired) electrons. The van der Waals surface area contributed by atoms with E-state index in [1.54, 1.807) is 0 Å². The molecule has 2 amide bonds. The standard InChI is InChI=1S/C20H32N2O5/c1-16(22-19(24)27-20(2,3)4)14-25-13-9-8-12-21-18(23)26-15-17-10-6-5-7-11-17/h5-7,10-11,16H,8-9,12-15H2,1-4H3,(H,21,23)(H,22,24). The number of amides is 2. The summed E-state index contributed by atoms with van der Waals surface area (Å²) in [6.45, 7) is 9.07. The van der Waals surface area contributed by atoms with Crippen LogP contribution in [0.4, 0.5) is 9.59 Å². The van der Waals surface area contributed by atoms with Crippen LogP contribution in [0.15, 0.2) is 30.3 Å². The van der Waals surface area contributed by atoms with Crippen LogP contribution in [0.3, 0.4) is 0 Å². The fourth-order valence-corrected chi connectivity index (χ4v) is 2.10. The maximum atomic E-state index is 11.6. The van der Waals surface area contributed by atoms with Crippen LogP contribution >= 0.6 is 0 Å². The molecule has 152 valence electrons. The second-order valence-electron chi connectivity index (χ2n) is 7.32. The molecule has 7 nitrogen and oxygen atoms in total. The molecule has 7 heteroatoms. The van der Waals surface area contributed by atoms with Gasteiger partial charge in [0.05, 0.1) is 12.6 Å². The number of hydrogen-bond donors (Lipinski definition) is 2. The minimum absolute atomic E-state index is 0.133. The lowest BCUT2D eigenvalue weighted by Crippen LogP contribution is -2.39. The molecule has 1 rings (SSSR count). The van der Waals surface area contributed by atoms with Crippen molar-refractivity contribution in [2.45, 2.75) is 58.8 Å². The molecule has 1 unspecified atom stereocenters. The Morgan fingerprint density at radius 1 is 1.07 bits per heavy atom. The highest BCUT2D eigenvalue weighted by Gasteiger charge is 2.17. The van der Waals surface area contributed by atoms with E-state index in [-0.39, 0.29) is 12.6 Å². The third-order valence-corrected chi connectivity index (χ3v) is 3.33. The van der Waals surface area contributed by atoms with Crippen molar-refractivity contribution in [1.82, 2.24) is 10.6 Å². The molecule has 0 heterocycles. The van der Waals surface area contributed by atoms with Gasteiger partial charge in [0.15, 0.2) is 0 Å². The Morgan fingerprint density at radius 2 is 1.78 bits per heavy atom. The molecule has 2 N–H and O–H groups in total. The van der Waals surface area contributed by atoms with Crippen LogP contribution in [0.25, 0.3) is 0 Å². The molecule has 0 aromatic heterocycles. The molecular formula is C20H32N2O5. The van der Waals surface area contributed by atoms with Gasteiger partial charge in [-0.1, -0.05) is 30.3 Å². The highest BCUT2D eigenvalue weighted by Crippen LogP contribution is 2.06. The van der Waals surface area contributed by atoms with Gasteiger partial charge in [0.1, 0.15) is 12.2 Å². The van der Waals surface area contributed by atoms with E-state index in [0.29, 0.717) is 19.8 Å². The number of hydrogen-bond acceptors (Lipinski definition) is 5. The lowest BCUT2D eigenvalue weighted by Gasteiger charge is -2.21. The zero-order valence-electron chi connectivity index (χ0n) is 16.7. The Labute approximate surface area is 161 Å². The monoisotopic (exact) mass is 380 g/mol. The summed E-state index contributed by atoms with van der Waals surface area (Å²) in [7, 11) is 0. The molecule has 1 aromatic carbocycles. The molecule has 27 heavy (non-hydrogen) atoms. The first-order valence-corrected chi connectivity index (χ1v) is 9.28. The number of nitrogens with one attached hydrogen (secondary N) is 2. The van der Waals surface area contributed by atoms with Crippen molar-refractivity contribution < 1.29 is 23.8 Å². The van der Waals surface area contributed by atoms with E-state index in [9.17, 15) is 9.59 Å². The van der Waals surface area contributed by atoms with Gasteiger partial charge in [-0.15, -0.1) is 0 Å². The molecule has 0 bridgehead atoms. The number of alkyl carbamates (subject to hydrolysis) is 2. The van der Waals surface area contributed by atoms with E-state index < -0.39 is 17.8 Å². The number of unbranched alkanes of at least 4 members (excludes halogenated alkanes) is 1. The van der Waals surface area contributed by atoms with Crippen LogP contribution in [0.5, 0.6) is 0 Å². The quantitative estimate of drug-likeness (QED) is 0.606. The minimum atomic E-state index is -0.514. The zero-order chi connectivity index (χ0) is 20.1. The second-order valence-corrected chi connectivity index (χ2v) is 7.32. The first-order valence-electron chi connectivity index (χ1n) is 9.28. The van der Waals surface area contributed by atoms with Crippen molar-refractivity contribution in [3.8, 4) is 0 Å². The third-order valence-electron chi connectivity index (χ3n) is 3.33. The van der Waals surface area contributed by atoms with Crippen molar-refractivity contribution in [2.75, 3.05) is 19.8 Å². The van der Waals surface area contributed by atoms with Crippen LogP contribution in [-0.2, 0) is 20.8 Å². The Balaban J connectivity index is 1.97. The average Bonchev–Trinajstić information content (AvgIpc) is 2.58. The smallest absolute Gasteiger partial charge is 0.407 e. The summed E-state index contributed by atoms with van der Waals surface area (Å²) in [5.74, 6) is 0. The molecule has 0 saturated heterocycles. The van der Waals surface area contributed by atoms with Crippen LogP contribution in [-0.4, -0.2) is 43.6 Å². The van der Waals surface area contributed by atoms with Gasteiger partial charge in [-0.05, 0) is 46.1 Å². The zero-order valence-corrected chi connectivity index (χ0v) is 16.7. The molecule has 1 atom stereocenters. The molecule has 0 saturated carbocycles. The molecule has 0 aliphatic carbocycles. The van der Waals surface area contributed by atoms with E-state index in [0.717, 1.165) is 18.4 Å². The van der Waals surface area contributed by atoms with Crippen molar-refractivity contribution in [3.63, 3.8) is 0 Å². The molecule has 0 spiro atoms. The fourth-order valence-electron chi connectivity index (χ4n) is 2.10. The third kappa shape index (κ3) is 12.7.